The zero-order valence-corrected chi connectivity index (χ0v) is 13.9. The summed E-state index contributed by atoms with van der Waals surface area (Å²) in [6.45, 7) is 0. The molecule has 0 aliphatic heterocycles. The van der Waals surface area contributed by atoms with Gasteiger partial charge in [0.1, 0.15) is 0 Å². The van der Waals surface area contributed by atoms with Crippen LogP contribution < -0.4 is 10.7 Å². The van der Waals surface area contributed by atoms with Crippen LogP contribution in [0.4, 0.5) is 5.69 Å². The maximum atomic E-state index is 11.7. The Labute approximate surface area is 142 Å². The van der Waals surface area contributed by atoms with Crippen LogP contribution in [0.2, 0.25) is 0 Å². The highest BCUT2D eigenvalue weighted by molar-refractivity contribution is 9.10. The Bertz CT molecular complexity index is 685. The van der Waals surface area contributed by atoms with E-state index in [-0.39, 0.29) is 24.7 Å². The number of carbonyl (C=O) groups is 2. The lowest BCUT2D eigenvalue weighted by atomic mass is 10.2. The van der Waals surface area contributed by atoms with E-state index in [1.807, 2.05) is 42.5 Å². The Morgan fingerprint density at radius 3 is 2.30 bits per heavy atom. The molecular weight excluding hydrogens is 358 g/mol. The van der Waals surface area contributed by atoms with Crippen molar-refractivity contribution in [2.75, 3.05) is 5.32 Å². The topological polar surface area (TPSA) is 70.6 Å². The number of benzene rings is 2. The van der Waals surface area contributed by atoms with Crippen molar-refractivity contribution in [3.05, 3.63) is 64.6 Å². The van der Waals surface area contributed by atoms with Gasteiger partial charge in [0.2, 0.25) is 11.8 Å². The number of anilines is 1. The number of para-hydroxylation sites is 1. The summed E-state index contributed by atoms with van der Waals surface area (Å²) < 4.78 is 0.975. The average Bonchev–Trinajstić information content (AvgIpc) is 2.56. The minimum atomic E-state index is -0.304. The molecule has 23 heavy (non-hydrogen) atoms. The summed E-state index contributed by atoms with van der Waals surface area (Å²) in [5.41, 5.74) is 3.99. The highest BCUT2D eigenvalue weighted by Crippen LogP contribution is 2.09. The molecule has 0 unspecified atom stereocenters. The molecule has 0 aliphatic carbocycles. The summed E-state index contributed by atoms with van der Waals surface area (Å²) in [6, 6.07) is 16.6. The monoisotopic (exact) mass is 373 g/mol. The molecular formula is C17H16BrN3O2. The van der Waals surface area contributed by atoms with E-state index in [2.05, 4.69) is 31.8 Å². The fraction of sp³-hybridized carbons (Fsp3) is 0.118. The molecule has 118 valence electrons. The summed E-state index contributed by atoms with van der Waals surface area (Å²) in [7, 11) is 0. The summed E-state index contributed by atoms with van der Waals surface area (Å²) in [5.74, 6) is -0.509. The quantitative estimate of drug-likeness (QED) is 0.602. The number of nitrogens with one attached hydrogen (secondary N) is 2. The average molecular weight is 374 g/mol. The lowest BCUT2D eigenvalue weighted by Gasteiger charge is -2.04. The molecule has 0 aromatic heterocycles. The van der Waals surface area contributed by atoms with Crippen LogP contribution in [0.5, 0.6) is 0 Å². The van der Waals surface area contributed by atoms with E-state index in [1.54, 1.807) is 18.3 Å². The number of hydrogen-bond donors (Lipinski definition) is 2. The summed E-state index contributed by atoms with van der Waals surface area (Å²) in [4.78, 5) is 23.3. The molecule has 0 saturated heterocycles. The molecule has 0 saturated carbocycles. The molecule has 2 aromatic carbocycles. The summed E-state index contributed by atoms with van der Waals surface area (Å²) >= 11 is 3.34. The van der Waals surface area contributed by atoms with E-state index in [0.717, 1.165) is 10.0 Å². The predicted octanol–water partition coefficient (Wildman–Crippen LogP) is 3.32. The fourth-order valence-corrected chi connectivity index (χ4v) is 2.02. The molecule has 0 heterocycles. The van der Waals surface area contributed by atoms with E-state index in [4.69, 9.17) is 0 Å². The van der Waals surface area contributed by atoms with Crippen LogP contribution in [-0.4, -0.2) is 18.0 Å². The van der Waals surface area contributed by atoms with Crippen LogP contribution in [0.1, 0.15) is 18.4 Å². The van der Waals surface area contributed by atoms with Crippen molar-refractivity contribution in [3.63, 3.8) is 0 Å². The summed E-state index contributed by atoms with van der Waals surface area (Å²) in [5, 5.41) is 6.58. The smallest absolute Gasteiger partial charge is 0.240 e. The molecule has 2 amide bonds. The largest absolute Gasteiger partial charge is 0.326 e. The molecule has 0 aliphatic rings. The minimum Gasteiger partial charge on any atom is -0.326 e. The lowest BCUT2D eigenvalue weighted by molar-refractivity contribution is -0.124. The molecule has 0 radical (unpaired) electrons. The van der Waals surface area contributed by atoms with Gasteiger partial charge in [0.05, 0.1) is 6.21 Å². The van der Waals surface area contributed by atoms with E-state index >= 15 is 0 Å². The Morgan fingerprint density at radius 2 is 1.61 bits per heavy atom. The van der Waals surface area contributed by atoms with E-state index in [1.165, 1.54) is 0 Å². The number of hydrogen-bond acceptors (Lipinski definition) is 3. The molecule has 2 N–H and O–H groups in total. The molecule has 5 nitrogen and oxygen atoms in total. The Kier molecular flexibility index (Phi) is 6.50. The number of nitrogens with zero attached hydrogens (tertiary/aromatic N) is 1. The van der Waals surface area contributed by atoms with Gasteiger partial charge in [-0.1, -0.05) is 46.3 Å². The van der Waals surface area contributed by atoms with Crippen LogP contribution in [0.3, 0.4) is 0 Å². The van der Waals surface area contributed by atoms with Crippen molar-refractivity contribution < 1.29 is 9.59 Å². The van der Waals surface area contributed by atoms with Gasteiger partial charge in [-0.3, -0.25) is 9.59 Å². The van der Waals surface area contributed by atoms with Gasteiger partial charge in [0.25, 0.3) is 0 Å². The third kappa shape index (κ3) is 6.44. The van der Waals surface area contributed by atoms with Gasteiger partial charge in [-0.25, -0.2) is 5.43 Å². The first-order valence-corrected chi connectivity index (χ1v) is 7.85. The van der Waals surface area contributed by atoms with Gasteiger partial charge in [-0.15, -0.1) is 0 Å². The number of rotatable bonds is 6. The first-order chi connectivity index (χ1) is 11.1. The lowest BCUT2D eigenvalue weighted by Crippen LogP contribution is -2.20. The van der Waals surface area contributed by atoms with E-state index in [9.17, 15) is 9.59 Å². The maximum absolute atomic E-state index is 11.7. The van der Waals surface area contributed by atoms with Crippen LogP contribution in [0.15, 0.2) is 64.2 Å². The van der Waals surface area contributed by atoms with E-state index in [0.29, 0.717) is 5.69 Å². The molecule has 2 rings (SSSR count). The van der Waals surface area contributed by atoms with Crippen molar-refractivity contribution in [3.8, 4) is 0 Å². The fourth-order valence-electron chi connectivity index (χ4n) is 1.76. The third-order valence-corrected chi connectivity index (χ3v) is 3.44. The highest BCUT2D eigenvalue weighted by atomic mass is 79.9. The van der Waals surface area contributed by atoms with Gasteiger partial charge in [-0.2, -0.15) is 5.10 Å². The van der Waals surface area contributed by atoms with Crippen molar-refractivity contribution in [1.82, 2.24) is 5.43 Å². The Morgan fingerprint density at radius 1 is 0.957 bits per heavy atom. The van der Waals surface area contributed by atoms with Gasteiger partial charge >= 0.3 is 0 Å². The Hall–Kier alpha value is -2.47. The molecule has 2 aromatic rings. The van der Waals surface area contributed by atoms with Crippen LogP contribution in [0, 0.1) is 0 Å². The highest BCUT2D eigenvalue weighted by Gasteiger charge is 2.06. The molecule has 6 heteroatoms. The third-order valence-electron chi connectivity index (χ3n) is 2.91. The van der Waals surface area contributed by atoms with Gasteiger partial charge in [-0.05, 0) is 29.8 Å². The molecule has 0 atom stereocenters. The first kappa shape index (κ1) is 16.9. The number of carbonyl (C=O) groups excluding carboxylic acids is 2. The van der Waals surface area contributed by atoms with Crippen LogP contribution in [0.25, 0.3) is 0 Å². The summed E-state index contributed by atoms with van der Waals surface area (Å²) in [6.07, 6.45) is 1.74. The molecule has 0 bridgehead atoms. The van der Waals surface area contributed by atoms with Crippen LogP contribution >= 0.6 is 15.9 Å². The van der Waals surface area contributed by atoms with Crippen molar-refractivity contribution >= 4 is 39.6 Å². The van der Waals surface area contributed by atoms with Crippen molar-refractivity contribution in [2.24, 2.45) is 5.10 Å². The zero-order valence-electron chi connectivity index (χ0n) is 12.3. The molecule has 0 spiro atoms. The second kappa shape index (κ2) is 8.85. The SMILES string of the molecule is O=C(CCC(=O)Nc1ccccc1)N/N=C/c1ccc(Br)cc1. The van der Waals surface area contributed by atoms with Gasteiger partial charge in [0.15, 0.2) is 0 Å². The number of hydrazone groups is 1. The normalized spacial score (nSPS) is 10.5. The van der Waals surface area contributed by atoms with Crippen molar-refractivity contribution in [2.45, 2.75) is 12.8 Å². The van der Waals surface area contributed by atoms with Gasteiger partial charge in [0, 0.05) is 23.0 Å². The van der Waals surface area contributed by atoms with Gasteiger partial charge < -0.3 is 5.32 Å². The number of amides is 2. The first-order valence-electron chi connectivity index (χ1n) is 7.06. The van der Waals surface area contributed by atoms with Crippen LogP contribution in [-0.2, 0) is 9.59 Å². The minimum absolute atomic E-state index is 0.0797. The predicted molar refractivity (Wildman–Crippen MR) is 94.2 cm³/mol. The molecule has 0 fully saturated rings. The Balaban J connectivity index is 1.70. The second-order valence-electron chi connectivity index (χ2n) is 4.76. The van der Waals surface area contributed by atoms with Crippen molar-refractivity contribution in [1.29, 1.82) is 0 Å². The maximum Gasteiger partial charge on any atom is 0.240 e. The number of halogens is 1. The van der Waals surface area contributed by atoms with E-state index < -0.39 is 0 Å². The second-order valence-corrected chi connectivity index (χ2v) is 5.67. The zero-order chi connectivity index (χ0) is 16.5. The standard InChI is InChI=1S/C17H16BrN3O2/c18-14-8-6-13(7-9-14)12-19-21-17(23)11-10-16(22)20-15-4-2-1-3-5-15/h1-9,12H,10-11H2,(H,20,22)(H,21,23)/b19-12+.